The Morgan fingerprint density at radius 2 is 1.86 bits per heavy atom. The van der Waals surface area contributed by atoms with Crippen LogP contribution in [-0.2, 0) is 4.79 Å². The van der Waals surface area contributed by atoms with Crippen molar-refractivity contribution >= 4 is 28.6 Å². The summed E-state index contributed by atoms with van der Waals surface area (Å²) >= 11 is 0. The topological polar surface area (TPSA) is 107 Å². The average Bonchev–Trinajstić information content (AvgIpc) is 2.48. The molecule has 0 spiro atoms. The molecule has 0 atom stereocenters. The van der Waals surface area contributed by atoms with Crippen LogP contribution in [0.2, 0.25) is 0 Å². The molecule has 0 aliphatic heterocycles. The Hall–Kier alpha value is -2.37. The van der Waals surface area contributed by atoms with E-state index in [9.17, 15) is 4.79 Å². The summed E-state index contributed by atoms with van der Waals surface area (Å²) in [6, 6.07) is 7.94. The highest BCUT2D eigenvalue weighted by Gasteiger charge is 2.25. The smallest absolute Gasteiger partial charge is 0.225 e. The van der Waals surface area contributed by atoms with Crippen LogP contribution in [0.3, 0.4) is 0 Å². The van der Waals surface area contributed by atoms with E-state index in [1.165, 1.54) is 0 Å². The van der Waals surface area contributed by atoms with E-state index < -0.39 is 0 Å². The fourth-order valence-corrected chi connectivity index (χ4v) is 2.87. The van der Waals surface area contributed by atoms with Gasteiger partial charge in [-0.2, -0.15) is 4.98 Å². The zero-order valence-corrected chi connectivity index (χ0v) is 11.7. The molecule has 1 saturated carbocycles. The Morgan fingerprint density at radius 1 is 1.14 bits per heavy atom. The minimum atomic E-state index is -0.195. The Bertz CT molecular complexity index is 664. The van der Waals surface area contributed by atoms with Crippen LogP contribution in [0.15, 0.2) is 24.3 Å². The summed E-state index contributed by atoms with van der Waals surface area (Å²) < 4.78 is 0. The molecule has 21 heavy (non-hydrogen) atoms. The first-order chi connectivity index (χ1) is 10.1. The molecule has 1 aliphatic rings. The van der Waals surface area contributed by atoms with Gasteiger partial charge in [0.25, 0.3) is 0 Å². The molecule has 0 radical (unpaired) electrons. The van der Waals surface area contributed by atoms with E-state index in [4.69, 9.17) is 11.5 Å². The zero-order valence-electron chi connectivity index (χ0n) is 11.7. The number of nitrogens with two attached hydrogens (primary N) is 2. The van der Waals surface area contributed by atoms with Gasteiger partial charge in [-0.3, -0.25) is 4.79 Å². The number of anilines is 2. The van der Waals surface area contributed by atoms with Crippen molar-refractivity contribution in [3.63, 3.8) is 0 Å². The van der Waals surface area contributed by atoms with Crippen molar-refractivity contribution in [1.82, 2.24) is 9.97 Å². The summed E-state index contributed by atoms with van der Waals surface area (Å²) in [7, 11) is 0. The fourth-order valence-electron chi connectivity index (χ4n) is 2.87. The number of nitrogens with zero attached hydrogens (tertiary/aromatic N) is 2. The van der Waals surface area contributed by atoms with E-state index in [1.54, 1.807) is 0 Å². The molecule has 1 amide bonds. The number of fused-ring (bicyclic) bond motifs is 1. The summed E-state index contributed by atoms with van der Waals surface area (Å²) in [4.78, 5) is 20.0. The average molecular weight is 285 g/mol. The number of rotatable bonds is 3. The fraction of sp³-hybridized carbons (Fsp3) is 0.400. The first kappa shape index (κ1) is 13.6. The summed E-state index contributed by atoms with van der Waals surface area (Å²) in [5.41, 5.74) is 12.2. The maximum absolute atomic E-state index is 11.2. The van der Waals surface area contributed by atoms with Gasteiger partial charge in [0.15, 0.2) is 0 Å². The molecule has 1 aromatic carbocycles. The number of hydrogen-bond donors (Lipinski definition) is 3. The SMILES string of the molecule is NC(=O)C1CCC(Nc2nc(N)c3ccccc3n2)CC1. The number of amides is 1. The second kappa shape index (κ2) is 5.55. The number of aromatic nitrogens is 2. The van der Waals surface area contributed by atoms with Crippen molar-refractivity contribution in [2.24, 2.45) is 11.7 Å². The predicted molar refractivity (Wildman–Crippen MR) is 82.5 cm³/mol. The van der Waals surface area contributed by atoms with Gasteiger partial charge in [0.2, 0.25) is 11.9 Å². The largest absolute Gasteiger partial charge is 0.383 e. The number of carbonyl (C=O) groups is 1. The highest BCUT2D eigenvalue weighted by molar-refractivity contribution is 5.88. The monoisotopic (exact) mass is 285 g/mol. The molecule has 0 saturated heterocycles. The molecule has 1 aliphatic carbocycles. The van der Waals surface area contributed by atoms with Gasteiger partial charge >= 0.3 is 0 Å². The molecule has 5 N–H and O–H groups in total. The van der Waals surface area contributed by atoms with Crippen LogP contribution in [0.25, 0.3) is 10.9 Å². The van der Waals surface area contributed by atoms with E-state index >= 15 is 0 Å². The minimum Gasteiger partial charge on any atom is -0.383 e. The first-order valence-corrected chi connectivity index (χ1v) is 7.21. The van der Waals surface area contributed by atoms with Crippen molar-refractivity contribution in [2.45, 2.75) is 31.7 Å². The van der Waals surface area contributed by atoms with Gasteiger partial charge in [-0.05, 0) is 37.8 Å². The number of benzene rings is 1. The summed E-state index contributed by atoms with van der Waals surface area (Å²) in [5, 5.41) is 4.18. The molecule has 110 valence electrons. The van der Waals surface area contributed by atoms with Crippen molar-refractivity contribution in [2.75, 3.05) is 11.1 Å². The van der Waals surface area contributed by atoms with Crippen molar-refractivity contribution in [3.8, 4) is 0 Å². The second-order valence-electron chi connectivity index (χ2n) is 5.54. The van der Waals surface area contributed by atoms with Gasteiger partial charge in [0.05, 0.1) is 5.52 Å². The number of nitrogens with one attached hydrogen (secondary N) is 1. The molecule has 6 heteroatoms. The van der Waals surface area contributed by atoms with E-state index in [0.717, 1.165) is 36.6 Å². The molecular weight excluding hydrogens is 266 g/mol. The number of hydrogen-bond acceptors (Lipinski definition) is 5. The van der Waals surface area contributed by atoms with Crippen LogP contribution in [0.4, 0.5) is 11.8 Å². The normalized spacial score (nSPS) is 22.1. The lowest BCUT2D eigenvalue weighted by molar-refractivity contribution is -0.122. The van der Waals surface area contributed by atoms with Crippen LogP contribution in [-0.4, -0.2) is 21.9 Å². The number of para-hydroxylation sites is 1. The second-order valence-corrected chi connectivity index (χ2v) is 5.54. The van der Waals surface area contributed by atoms with Gasteiger partial charge in [-0.15, -0.1) is 0 Å². The molecule has 2 aromatic rings. The summed E-state index contributed by atoms with van der Waals surface area (Å²) in [6.45, 7) is 0. The number of nitrogen functional groups attached to an aromatic ring is 1. The van der Waals surface area contributed by atoms with E-state index in [0.29, 0.717) is 11.8 Å². The van der Waals surface area contributed by atoms with Crippen LogP contribution < -0.4 is 16.8 Å². The van der Waals surface area contributed by atoms with Crippen LogP contribution in [0, 0.1) is 5.92 Å². The quantitative estimate of drug-likeness (QED) is 0.795. The van der Waals surface area contributed by atoms with Crippen LogP contribution >= 0.6 is 0 Å². The van der Waals surface area contributed by atoms with Gasteiger partial charge in [-0.1, -0.05) is 12.1 Å². The Balaban J connectivity index is 1.73. The molecule has 1 aromatic heterocycles. The third-order valence-electron chi connectivity index (χ3n) is 4.10. The Kier molecular flexibility index (Phi) is 3.60. The van der Waals surface area contributed by atoms with Crippen LogP contribution in [0.5, 0.6) is 0 Å². The third-order valence-corrected chi connectivity index (χ3v) is 4.10. The standard InChI is InChI=1S/C15H19N5O/c16-13-11-3-1-2-4-12(11)19-15(20-13)18-10-7-5-9(6-8-10)14(17)21/h1-4,9-10H,5-8H2,(H2,17,21)(H3,16,18,19,20). The van der Waals surface area contributed by atoms with Crippen molar-refractivity contribution in [1.29, 1.82) is 0 Å². The predicted octanol–water partition coefficient (Wildman–Crippen LogP) is 1.67. The van der Waals surface area contributed by atoms with Crippen LogP contribution in [0.1, 0.15) is 25.7 Å². The van der Waals surface area contributed by atoms with E-state index in [-0.39, 0.29) is 17.9 Å². The first-order valence-electron chi connectivity index (χ1n) is 7.21. The summed E-state index contributed by atoms with van der Waals surface area (Å²) in [5.74, 6) is 0.841. The van der Waals surface area contributed by atoms with Crippen molar-refractivity contribution in [3.05, 3.63) is 24.3 Å². The highest BCUT2D eigenvalue weighted by atomic mass is 16.1. The Morgan fingerprint density at radius 3 is 2.57 bits per heavy atom. The molecule has 1 fully saturated rings. The molecule has 3 rings (SSSR count). The van der Waals surface area contributed by atoms with Gasteiger partial charge in [-0.25, -0.2) is 4.98 Å². The zero-order chi connectivity index (χ0) is 14.8. The molecule has 0 bridgehead atoms. The van der Waals surface area contributed by atoms with Gasteiger partial charge < -0.3 is 16.8 Å². The molecule has 1 heterocycles. The van der Waals surface area contributed by atoms with E-state index in [1.807, 2.05) is 24.3 Å². The third kappa shape index (κ3) is 2.89. The maximum Gasteiger partial charge on any atom is 0.225 e. The summed E-state index contributed by atoms with van der Waals surface area (Å²) in [6.07, 6.45) is 3.42. The number of carbonyl (C=O) groups excluding carboxylic acids is 1. The van der Waals surface area contributed by atoms with E-state index in [2.05, 4.69) is 15.3 Å². The number of primary amides is 1. The lowest BCUT2D eigenvalue weighted by atomic mass is 9.86. The Labute approximate surface area is 122 Å². The maximum atomic E-state index is 11.2. The van der Waals surface area contributed by atoms with Crippen molar-refractivity contribution < 1.29 is 4.79 Å². The van der Waals surface area contributed by atoms with Gasteiger partial charge in [0.1, 0.15) is 5.82 Å². The minimum absolute atomic E-state index is 0.00522. The molecule has 0 unspecified atom stereocenters. The molecule has 6 nitrogen and oxygen atoms in total. The van der Waals surface area contributed by atoms with Gasteiger partial charge in [0, 0.05) is 17.3 Å². The lowest BCUT2D eigenvalue weighted by Gasteiger charge is -2.27. The molecular formula is C15H19N5O. The lowest BCUT2D eigenvalue weighted by Crippen LogP contribution is -2.32. The highest BCUT2D eigenvalue weighted by Crippen LogP contribution is 2.26.